The Labute approximate surface area is 117 Å². The van der Waals surface area contributed by atoms with E-state index in [1.807, 2.05) is 13.2 Å². The fraction of sp³-hybridized carbons (Fsp3) is 0.429. The molecule has 0 saturated heterocycles. The molecule has 2 N–H and O–H groups in total. The molecule has 0 aliphatic heterocycles. The summed E-state index contributed by atoms with van der Waals surface area (Å²) < 4.78 is 0. The van der Waals surface area contributed by atoms with Crippen molar-refractivity contribution >= 4 is 23.6 Å². The van der Waals surface area contributed by atoms with Gasteiger partial charge >= 0.3 is 5.97 Å². The molecule has 0 bridgehead atoms. The zero-order valence-electron chi connectivity index (χ0n) is 11.2. The minimum Gasteiger partial charge on any atom is -0.478 e. The van der Waals surface area contributed by atoms with Gasteiger partial charge in [-0.05, 0) is 30.4 Å². The van der Waals surface area contributed by atoms with Gasteiger partial charge in [0.15, 0.2) is 0 Å². The highest BCUT2D eigenvalue weighted by molar-refractivity contribution is 7.98. The van der Waals surface area contributed by atoms with E-state index in [1.165, 1.54) is 12.1 Å². The molecule has 104 valence electrons. The SMILES string of the molecule is CCC(CSC)NC(=O)Cc1ccc(C(=O)O)cc1. The second-order valence-corrected chi connectivity index (χ2v) is 5.22. The van der Waals surface area contributed by atoms with Crippen LogP contribution >= 0.6 is 11.8 Å². The zero-order chi connectivity index (χ0) is 14.3. The standard InChI is InChI=1S/C14H19NO3S/c1-3-12(9-19-2)15-13(16)8-10-4-6-11(7-5-10)14(17)18/h4-7,12H,3,8-9H2,1-2H3,(H,15,16)(H,17,18). The first-order chi connectivity index (χ1) is 9.06. The molecule has 1 rings (SSSR count). The van der Waals surface area contributed by atoms with E-state index in [1.54, 1.807) is 23.9 Å². The minimum absolute atomic E-state index is 0.0241. The molecule has 0 aromatic heterocycles. The number of carboxylic acids is 1. The molecule has 1 amide bonds. The lowest BCUT2D eigenvalue weighted by Gasteiger charge is -2.15. The van der Waals surface area contributed by atoms with Gasteiger partial charge in [0.1, 0.15) is 0 Å². The summed E-state index contributed by atoms with van der Waals surface area (Å²) in [5, 5.41) is 11.8. The highest BCUT2D eigenvalue weighted by Crippen LogP contribution is 2.06. The largest absolute Gasteiger partial charge is 0.478 e. The number of amides is 1. The van der Waals surface area contributed by atoms with Crippen molar-refractivity contribution in [3.8, 4) is 0 Å². The molecular formula is C14H19NO3S. The van der Waals surface area contributed by atoms with Crippen LogP contribution in [0.3, 0.4) is 0 Å². The lowest BCUT2D eigenvalue weighted by Crippen LogP contribution is -2.37. The smallest absolute Gasteiger partial charge is 0.335 e. The molecule has 1 aromatic carbocycles. The number of aromatic carboxylic acids is 1. The van der Waals surface area contributed by atoms with Crippen molar-refractivity contribution in [3.63, 3.8) is 0 Å². The van der Waals surface area contributed by atoms with Crippen LogP contribution in [0.1, 0.15) is 29.3 Å². The average Bonchev–Trinajstić information content (AvgIpc) is 2.38. The second kappa shape index (κ2) is 7.84. The Morgan fingerprint density at radius 1 is 1.32 bits per heavy atom. The molecule has 0 spiro atoms. The predicted octanol–water partition coefficient (Wildman–Crippen LogP) is 2.19. The zero-order valence-corrected chi connectivity index (χ0v) is 12.0. The van der Waals surface area contributed by atoms with Crippen LogP contribution in [-0.2, 0) is 11.2 Å². The lowest BCUT2D eigenvalue weighted by atomic mass is 10.1. The molecule has 5 heteroatoms. The lowest BCUT2D eigenvalue weighted by molar-refractivity contribution is -0.121. The van der Waals surface area contributed by atoms with Crippen LogP contribution in [0.4, 0.5) is 0 Å². The van der Waals surface area contributed by atoms with E-state index < -0.39 is 5.97 Å². The van der Waals surface area contributed by atoms with Crippen LogP contribution < -0.4 is 5.32 Å². The van der Waals surface area contributed by atoms with Crippen LogP contribution in [0, 0.1) is 0 Å². The number of carbonyl (C=O) groups is 2. The second-order valence-electron chi connectivity index (χ2n) is 4.31. The third-order valence-electron chi connectivity index (χ3n) is 2.79. The number of nitrogens with one attached hydrogen (secondary N) is 1. The molecule has 1 atom stereocenters. The molecule has 4 nitrogen and oxygen atoms in total. The maximum Gasteiger partial charge on any atom is 0.335 e. The van der Waals surface area contributed by atoms with Crippen LogP contribution in [0.25, 0.3) is 0 Å². The third-order valence-corrected chi connectivity index (χ3v) is 3.53. The number of carboxylic acid groups (broad SMARTS) is 1. The van der Waals surface area contributed by atoms with Gasteiger partial charge in [-0.25, -0.2) is 4.79 Å². The van der Waals surface area contributed by atoms with Gasteiger partial charge in [-0.15, -0.1) is 0 Å². The van der Waals surface area contributed by atoms with E-state index in [0.717, 1.165) is 17.7 Å². The number of carbonyl (C=O) groups excluding carboxylic acids is 1. The van der Waals surface area contributed by atoms with Crippen LogP contribution in [0.5, 0.6) is 0 Å². The molecule has 19 heavy (non-hydrogen) atoms. The van der Waals surface area contributed by atoms with Crippen molar-refractivity contribution in [2.75, 3.05) is 12.0 Å². The number of rotatable bonds is 7. The van der Waals surface area contributed by atoms with Crippen molar-refractivity contribution in [3.05, 3.63) is 35.4 Å². The first kappa shape index (κ1) is 15.6. The Bertz CT molecular complexity index is 431. The van der Waals surface area contributed by atoms with Gasteiger partial charge in [0.05, 0.1) is 12.0 Å². The van der Waals surface area contributed by atoms with Crippen molar-refractivity contribution in [2.45, 2.75) is 25.8 Å². The quantitative estimate of drug-likeness (QED) is 0.804. The number of hydrogen-bond donors (Lipinski definition) is 2. The predicted molar refractivity (Wildman–Crippen MR) is 77.7 cm³/mol. The van der Waals surface area contributed by atoms with Gasteiger partial charge in [-0.3, -0.25) is 4.79 Å². The summed E-state index contributed by atoms with van der Waals surface area (Å²) in [4.78, 5) is 22.5. The van der Waals surface area contributed by atoms with E-state index in [-0.39, 0.29) is 23.9 Å². The van der Waals surface area contributed by atoms with Crippen molar-refractivity contribution < 1.29 is 14.7 Å². The normalized spacial score (nSPS) is 11.9. The van der Waals surface area contributed by atoms with Crippen LogP contribution in [0.2, 0.25) is 0 Å². The molecule has 0 aliphatic carbocycles. The van der Waals surface area contributed by atoms with Gasteiger partial charge in [0.2, 0.25) is 5.91 Å². The highest BCUT2D eigenvalue weighted by atomic mass is 32.2. The van der Waals surface area contributed by atoms with E-state index in [4.69, 9.17) is 5.11 Å². The molecule has 1 unspecified atom stereocenters. The third kappa shape index (κ3) is 5.34. The summed E-state index contributed by atoms with van der Waals surface area (Å²) in [6.07, 6.45) is 3.20. The maximum atomic E-state index is 11.8. The first-order valence-corrected chi connectivity index (χ1v) is 7.56. The van der Waals surface area contributed by atoms with Crippen LogP contribution in [-0.4, -0.2) is 35.0 Å². The molecule has 0 aliphatic rings. The van der Waals surface area contributed by atoms with Gasteiger partial charge < -0.3 is 10.4 Å². The monoisotopic (exact) mass is 281 g/mol. The topological polar surface area (TPSA) is 66.4 Å². The Morgan fingerprint density at radius 3 is 2.42 bits per heavy atom. The molecule has 0 saturated carbocycles. The Morgan fingerprint density at radius 2 is 1.95 bits per heavy atom. The van der Waals surface area contributed by atoms with Crippen molar-refractivity contribution in [2.24, 2.45) is 0 Å². The van der Waals surface area contributed by atoms with Gasteiger partial charge in [-0.2, -0.15) is 11.8 Å². The molecule has 0 radical (unpaired) electrons. The summed E-state index contributed by atoms with van der Waals surface area (Å²) >= 11 is 1.71. The van der Waals surface area contributed by atoms with Gasteiger partial charge in [0.25, 0.3) is 0 Å². The maximum absolute atomic E-state index is 11.8. The Hall–Kier alpha value is -1.49. The molecule has 1 aromatic rings. The van der Waals surface area contributed by atoms with Crippen molar-refractivity contribution in [1.29, 1.82) is 0 Å². The summed E-state index contributed by atoms with van der Waals surface area (Å²) in [6, 6.07) is 6.59. The van der Waals surface area contributed by atoms with Crippen molar-refractivity contribution in [1.82, 2.24) is 5.32 Å². The van der Waals surface area contributed by atoms with E-state index in [0.29, 0.717) is 0 Å². The minimum atomic E-state index is -0.956. The summed E-state index contributed by atoms with van der Waals surface area (Å²) in [5.41, 5.74) is 1.06. The van der Waals surface area contributed by atoms with E-state index in [9.17, 15) is 9.59 Å². The molecule has 0 fully saturated rings. The molecule has 0 heterocycles. The Balaban J connectivity index is 2.54. The number of thioether (sulfide) groups is 1. The first-order valence-electron chi connectivity index (χ1n) is 6.17. The van der Waals surface area contributed by atoms with E-state index >= 15 is 0 Å². The van der Waals surface area contributed by atoms with Gasteiger partial charge in [0, 0.05) is 11.8 Å². The highest BCUT2D eigenvalue weighted by Gasteiger charge is 2.10. The van der Waals surface area contributed by atoms with Crippen LogP contribution in [0.15, 0.2) is 24.3 Å². The average molecular weight is 281 g/mol. The fourth-order valence-electron chi connectivity index (χ4n) is 1.69. The van der Waals surface area contributed by atoms with Gasteiger partial charge in [-0.1, -0.05) is 19.1 Å². The number of benzene rings is 1. The number of hydrogen-bond acceptors (Lipinski definition) is 3. The summed E-state index contributed by atoms with van der Waals surface area (Å²) in [5.74, 6) is -0.0776. The summed E-state index contributed by atoms with van der Waals surface area (Å²) in [7, 11) is 0. The Kier molecular flexibility index (Phi) is 6.42. The molecular weight excluding hydrogens is 262 g/mol. The van der Waals surface area contributed by atoms with E-state index in [2.05, 4.69) is 5.32 Å². The fourth-order valence-corrected chi connectivity index (χ4v) is 2.41. The summed E-state index contributed by atoms with van der Waals surface area (Å²) in [6.45, 7) is 2.04.